The molecular formula is C19H30N2O3. The fourth-order valence-corrected chi connectivity index (χ4v) is 3.60. The Morgan fingerprint density at radius 2 is 1.79 bits per heavy atom. The number of likely N-dealkylation sites (tertiary alicyclic amines) is 1. The maximum atomic E-state index is 5.93. The number of hydrogen-bond acceptors (Lipinski definition) is 5. The van der Waals surface area contributed by atoms with Crippen molar-refractivity contribution in [2.45, 2.75) is 33.4 Å². The van der Waals surface area contributed by atoms with E-state index >= 15 is 0 Å². The highest BCUT2D eigenvalue weighted by atomic mass is 16.5. The molecule has 0 radical (unpaired) electrons. The van der Waals surface area contributed by atoms with Gasteiger partial charge in [0.25, 0.3) is 0 Å². The van der Waals surface area contributed by atoms with Gasteiger partial charge in [-0.25, -0.2) is 0 Å². The maximum absolute atomic E-state index is 5.93. The molecule has 0 saturated carbocycles. The summed E-state index contributed by atoms with van der Waals surface area (Å²) in [4.78, 5) is 5.06. The van der Waals surface area contributed by atoms with Crippen LogP contribution in [0.25, 0.3) is 0 Å². The van der Waals surface area contributed by atoms with E-state index in [1.165, 1.54) is 5.56 Å². The van der Waals surface area contributed by atoms with Gasteiger partial charge in [-0.05, 0) is 26.8 Å². The van der Waals surface area contributed by atoms with E-state index in [0.717, 1.165) is 63.0 Å². The third kappa shape index (κ3) is 3.85. The summed E-state index contributed by atoms with van der Waals surface area (Å²) >= 11 is 0. The van der Waals surface area contributed by atoms with Crippen LogP contribution in [0.4, 0.5) is 0 Å². The molecule has 1 aromatic rings. The molecule has 2 fully saturated rings. The van der Waals surface area contributed by atoms with E-state index in [4.69, 9.17) is 14.2 Å². The topological polar surface area (TPSA) is 34.2 Å². The van der Waals surface area contributed by atoms with Crippen LogP contribution in [0.3, 0.4) is 0 Å². The van der Waals surface area contributed by atoms with E-state index in [1.807, 2.05) is 13.8 Å². The Hall–Kier alpha value is -1.30. The van der Waals surface area contributed by atoms with Gasteiger partial charge in [0, 0.05) is 49.9 Å². The molecule has 5 heteroatoms. The molecule has 0 aromatic heterocycles. The molecule has 0 atom stereocenters. The van der Waals surface area contributed by atoms with Crippen LogP contribution < -0.4 is 9.47 Å². The summed E-state index contributed by atoms with van der Waals surface area (Å²) in [5, 5.41) is 0. The summed E-state index contributed by atoms with van der Waals surface area (Å²) in [5.41, 5.74) is 2.37. The van der Waals surface area contributed by atoms with E-state index in [-0.39, 0.29) is 0 Å². The monoisotopic (exact) mass is 334 g/mol. The molecule has 2 aliphatic heterocycles. The van der Waals surface area contributed by atoms with Crippen LogP contribution in [0.1, 0.15) is 25.0 Å². The first-order valence-electron chi connectivity index (χ1n) is 9.15. The van der Waals surface area contributed by atoms with Crippen LogP contribution in [0.5, 0.6) is 11.5 Å². The standard InChI is InChI=1S/C19H30N2O3/c1-4-23-18-7-6-16(19(15(18)3)24-5-2)12-20-13-17(14-20)21-8-10-22-11-9-21/h6-7,17H,4-5,8-14H2,1-3H3. The minimum atomic E-state index is 0.680. The molecule has 0 spiro atoms. The first kappa shape index (κ1) is 17.5. The Morgan fingerprint density at radius 3 is 2.46 bits per heavy atom. The van der Waals surface area contributed by atoms with Gasteiger partial charge in [-0.2, -0.15) is 0 Å². The molecule has 0 amide bonds. The zero-order valence-corrected chi connectivity index (χ0v) is 15.2. The van der Waals surface area contributed by atoms with Gasteiger partial charge >= 0.3 is 0 Å². The molecule has 24 heavy (non-hydrogen) atoms. The summed E-state index contributed by atoms with van der Waals surface area (Å²) in [5.74, 6) is 1.93. The maximum Gasteiger partial charge on any atom is 0.130 e. The SMILES string of the molecule is CCOc1ccc(CN2CC(N3CCOCC3)C2)c(OCC)c1C. The normalized spacial score (nSPS) is 20.0. The van der Waals surface area contributed by atoms with Crippen LogP contribution in [0, 0.1) is 6.92 Å². The lowest BCUT2D eigenvalue weighted by Crippen LogP contribution is -2.60. The van der Waals surface area contributed by atoms with E-state index in [9.17, 15) is 0 Å². The van der Waals surface area contributed by atoms with Gasteiger partial charge in [-0.15, -0.1) is 0 Å². The number of morpholine rings is 1. The first-order chi connectivity index (χ1) is 11.7. The van der Waals surface area contributed by atoms with Crippen molar-refractivity contribution < 1.29 is 14.2 Å². The average molecular weight is 334 g/mol. The molecule has 2 aliphatic rings. The van der Waals surface area contributed by atoms with E-state index in [2.05, 4.69) is 28.9 Å². The Balaban J connectivity index is 1.61. The van der Waals surface area contributed by atoms with Gasteiger partial charge in [0.05, 0.1) is 26.4 Å². The van der Waals surface area contributed by atoms with Gasteiger partial charge in [-0.3, -0.25) is 9.80 Å². The molecule has 3 rings (SSSR count). The number of benzene rings is 1. The zero-order valence-electron chi connectivity index (χ0n) is 15.2. The lowest BCUT2D eigenvalue weighted by atomic mass is 10.0. The molecular weight excluding hydrogens is 304 g/mol. The number of hydrogen-bond donors (Lipinski definition) is 0. The van der Waals surface area contributed by atoms with Crippen molar-refractivity contribution in [3.63, 3.8) is 0 Å². The van der Waals surface area contributed by atoms with Gasteiger partial charge in [0.2, 0.25) is 0 Å². The predicted molar refractivity (Wildman–Crippen MR) is 95.0 cm³/mol. The Bertz CT molecular complexity index is 538. The van der Waals surface area contributed by atoms with Crippen molar-refractivity contribution in [1.82, 2.24) is 9.80 Å². The van der Waals surface area contributed by atoms with E-state index in [0.29, 0.717) is 19.3 Å². The van der Waals surface area contributed by atoms with Crippen molar-refractivity contribution >= 4 is 0 Å². The van der Waals surface area contributed by atoms with Gasteiger partial charge in [-0.1, -0.05) is 6.07 Å². The van der Waals surface area contributed by atoms with Gasteiger partial charge < -0.3 is 14.2 Å². The summed E-state index contributed by atoms with van der Waals surface area (Å²) in [6, 6.07) is 4.93. The van der Waals surface area contributed by atoms with Crippen molar-refractivity contribution in [3.8, 4) is 11.5 Å². The van der Waals surface area contributed by atoms with Crippen molar-refractivity contribution in [3.05, 3.63) is 23.3 Å². The average Bonchev–Trinajstić information content (AvgIpc) is 2.56. The number of rotatable bonds is 7. The van der Waals surface area contributed by atoms with Crippen LogP contribution in [0.15, 0.2) is 12.1 Å². The highest BCUT2D eigenvalue weighted by Gasteiger charge is 2.32. The third-order valence-electron chi connectivity index (χ3n) is 4.92. The fourth-order valence-electron chi connectivity index (χ4n) is 3.60. The largest absolute Gasteiger partial charge is 0.493 e. The molecule has 1 aromatic carbocycles. The van der Waals surface area contributed by atoms with Crippen LogP contribution in [-0.4, -0.2) is 68.4 Å². The Morgan fingerprint density at radius 1 is 1.08 bits per heavy atom. The number of nitrogens with zero attached hydrogens (tertiary/aromatic N) is 2. The smallest absolute Gasteiger partial charge is 0.130 e. The molecule has 2 heterocycles. The second-order valence-electron chi connectivity index (χ2n) is 6.54. The molecule has 2 saturated heterocycles. The molecule has 134 valence electrons. The predicted octanol–water partition coefficient (Wildman–Crippen LogP) is 2.31. The highest BCUT2D eigenvalue weighted by Crippen LogP contribution is 2.33. The van der Waals surface area contributed by atoms with E-state index in [1.54, 1.807) is 0 Å². The lowest BCUT2D eigenvalue weighted by molar-refractivity contribution is -0.0345. The summed E-state index contributed by atoms with van der Waals surface area (Å²) in [6.07, 6.45) is 0. The van der Waals surface area contributed by atoms with Crippen molar-refractivity contribution in [1.29, 1.82) is 0 Å². The van der Waals surface area contributed by atoms with E-state index < -0.39 is 0 Å². The molecule has 5 nitrogen and oxygen atoms in total. The number of ether oxygens (including phenoxy) is 3. The minimum absolute atomic E-state index is 0.680. The fraction of sp³-hybridized carbons (Fsp3) is 0.684. The molecule has 0 unspecified atom stereocenters. The first-order valence-corrected chi connectivity index (χ1v) is 9.15. The Kier molecular flexibility index (Phi) is 5.98. The minimum Gasteiger partial charge on any atom is -0.493 e. The van der Waals surface area contributed by atoms with Crippen molar-refractivity contribution in [2.75, 3.05) is 52.6 Å². The molecule has 0 aliphatic carbocycles. The highest BCUT2D eigenvalue weighted by molar-refractivity contribution is 5.49. The van der Waals surface area contributed by atoms with Crippen LogP contribution in [-0.2, 0) is 11.3 Å². The third-order valence-corrected chi connectivity index (χ3v) is 4.92. The second kappa shape index (κ2) is 8.19. The van der Waals surface area contributed by atoms with Crippen LogP contribution >= 0.6 is 0 Å². The second-order valence-corrected chi connectivity index (χ2v) is 6.54. The Labute approximate surface area is 145 Å². The lowest BCUT2D eigenvalue weighted by Gasteiger charge is -2.46. The van der Waals surface area contributed by atoms with Gasteiger partial charge in [0.1, 0.15) is 11.5 Å². The molecule has 0 bridgehead atoms. The van der Waals surface area contributed by atoms with Crippen molar-refractivity contribution in [2.24, 2.45) is 0 Å². The summed E-state index contributed by atoms with van der Waals surface area (Å²) < 4.78 is 17.1. The quantitative estimate of drug-likeness (QED) is 0.764. The van der Waals surface area contributed by atoms with Crippen LogP contribution in [0.2, 0.25) is 0 Å². The zero-order chi connectivity index (χ0) is 16.9. The molecule has 0 N–H and O–H groups in total. The summed E-state index contributed by atoms with van der Waals surface area (Å²) in [6.45, 7) is 14.6. The van der Waals surface area contributed by atoms with Gasteiger partial charge in [0.15, 0.2) is 0 Å². The summed E-state index contributed by atoms with van der Waals surface area (Å²) in [7, 11) is 0.